The summed E-state index contributed by atoms with van der Waals surface area (Å²) >= 11 is 1.77. The summed E-state index contributed by atoms with van der Waals surface area (Å²) in [6, 6.07) is 2.20. The molecule has 2 atom stereocenters. The molecule has 1 saturated heterocycles. The molecule has 0 bridgehead atoms. The predicted octanol–water partition coefficient (Wildman–Crippen LogP) is 2.97. The Morgan fingerprint density at radius 2 is 2.20 bits per heavy atom. The van der Waals surface area contributed by atoms with Crippen LogP contribution in [0.3, 0.4) is 0 Å². The Morgan fingerprint density at radius 3 is 2.90 bits per heavy atom. The van der Waals surface area contributed by atoms with E-state index in [1.54, 1.807) is 11.3 Å². The van der Waals surface area contributed by atoms with Crippen LogP contribution in [0.1, 0.15) is 32.3 Å². The monoisotopic (exact) mass is 296 g/mol. The molecule has 1 N–H and O–H groups in total. The fourth-order valence-electron chi connectivity index (χ4n) is 2.70. The maximum Gasteiger partial charge on any atom is 0.0707 e. The number of likely N-dealkylation sites (N-methyl/N-ethyl adjacent to an activating group) is 1. The topological polar surface area (TPSA) is 24.5 Å². The number of nitrogens with one attached hydrogen (secondary N) is 1. The van der Waals surface area contributed by atoms with E-state index in [0.717, 1.165) is 26.2 Å². The van der Waals surface area contributed by atoms with Gasteiger partial charge in [0.05, 0.1) is 12.2 Å². The summed E-state index contributed by atoms with van der Waals surface area (Å²) in [6.45, 7) is 8.64. The second kappa shape index (κ2) is 8.13. The molecular formula is C16H28N2OS. The van der Waals surface area contributed by atoms with Gasteiger partial charge in [-0.3, -0.25) is 4.90 Å². The summed E-state index contributed by atoms with van der Waals surface area (Å²) < 4.78 is 6.13. The SMILES string of the molecule is CC(C)CNCC1CCC(CN(C)Cc2ccsc2)O1. The molecular weight excluding hydrogens is 268 g/mol. The lowest BCUT2D eigenvalue weighted by atomic mass is 10.1. The number of hydrogen-bond donors (Lipinski definition) is 1. The van der Waals surface area contributed by atoms with Gasteiger partial charge < -0.3 is 10.1 Å². The van der Waals surface area contributed by atoms with Crippen molar-refractivity contribution in [2.24, 2.45) is 5.92 Å². The van der Waals surface area contributed by atoms with Crippen molar-refractivity contribution in [3.05, 3.63) is 22.4 Å². The molecule has 3 nitrogen and oxygen atoms in total. The van der Waals surface area contributed by atoms with E-state index in [4.69, 9.17) is 4.74 Å². The summed E-state index contributed by atoms with van der Waals surface area (Å²) in [7, 11) is 2.19. The second-order valence-electron chi connectivity index (χ2n) is 6.34. The Hall–Kier alpha value is -0.420. The standard InChI is InChI=1S/C16H28N2OS/c1-13(2)8-17-9-15-4-5-16(19-15)11-18(3)10-14-6-7-20-12-14/h6-7,12-13,15-17H,4-5,8-11H2,1-3H3. The summed E-state index contributed by atoms with van der Waals surface area (Å²) in [5.41, 5.74) is 1.41. The van der Waals surface area contributed by atoms with E-state index in [0.29, 0.717) is 18.1 Å². The van der Waals surface area contributed by atoms with Gasteiger partial charge >= 0.3 is 0 Å². The van der Waals surface area contributed by atoms with Crippen molar-refractivity contribution in [2.75, 3.05) is 26.7 Å². The molecule has 0 amide bonds. The molecule has 114 valence electrons. The maximum atomic E-state index is 6.13. The lowest BCUT2D eigenvalue weighted by Gasteiger charge is -2.21. The fourth-order valence-corrected chi connectivity index (χ4v) is 3.36. The van der Waals surface area contributed by atoms with E-state index in [1.807, 2.05) is 0 Å². The molecule has 2 heterocycles. The lowest BCUT2D eigenvalue weighted by molar-refractivity contribution is 0.0265. The average molecular weight is 296 g/mol. The molecule has 2 unspecified atom stereocenters. The largest absolute Gasteiger partial charge is 0.372 e. The number of rotatable bonds is 8. The Morgan fingerprint density at radius 1 is 1.40 bits per heavy atom. The third-order valence-corrected chi connectivity index (χ3v) is 4.40. The van der Waals surface area contributed by atoms with Crippen LogP contribution in [0.5, 0.6) is 0 Å². The molecule has 1 aromatic heterocycles. The minimum absolute atomic E-state index is 0.407. The van der Waals surface area contributed by atoms with Gasteiger partial charge in [-0.2, -0.15) is 11.3 Å². The quantitative estimate of drug-likeness (QED) is 0.798. The molecule has 1 aliphatic heterocycles. The Labute approximate surface area is 127 Å². The number of thiophene rings is 1. The van der Waals surface area contributed by atoms with Crippen LogP contribution in [0.4, 0.5) is 0 Å². The zero-order valence-corrected chi connectivity index (χ0v) is 13.8. The number of ether oxygens (including phenoxy) is 1. The molecule has 0 radical (unpaired) electrons. The van der Waals surface area contributed by atoms with Crippen LogP contribution in [0, 0.1) is 5.92 Å². The van der Waals surface area contributed by atoms with Crippen molar-refractivity contribution in [2.45, 2.75) is 45.4 Å². The first-order chi connectivity index (χ1) is 9.63. The highest BCUT2D eigenvalue weighted by Gasteiger charge is 2.25. The Bertz CT molecular complexity index is 367. The summed E-state index contributed by atoms with van der Waals surface area (Å²) in [4.78, 5) is 2.37. The van der Waals surface area contributed by atoms with E-state index < -0.39 is 0 Å². The van der Waals surface area contributed by atoms with Crippen LogP contribution >= 0.6 is 11.3 Å². The average Bonchev–Trinajstić information content (AvgIpc) is 3.01. The molecule has 2 rings (SSSR count). The van der Waals surface area contributed by atoms with E-state index >= 15 is 0 Å². The van der Waals surface area contributed by atoms with Gasteiger partial charge in [-0.1, -0.05) is 13.8 Å². The highest BCUT2D eigenvalue weighted by atomic mass is 32.1. The molecule has 0 spiro atoms. The van der Waals surface area contributed by atoms with E-state index in [1.165, 1.54) is 18.4 Å². The predicted molar refractivity (Wildman–Crippen MR) is 86.3 cm³/mol. The van der Waals surface area contributed by atoms with Crippen LogP contribution in [0.25, 0.3) is 0 Å². The number of nitrogens with zero attached hydrogens (tertiary/aromatic N) is 1. The van der Waals surface area contributed by atoms with Crippen molar-refractivity contribution in [3.63, 3.8) is 0 Å². The smallest absolute Gasteiger partial charge is 0.0707 e. The van der Waals surface area contributed by atoms with Crippen LogP contribution in [-0.2, 0) is 11.3 Å². The lowest BCUT2D eigenvalue weighted by Crippen LogP contribution is -2.32. The van der Waals surface area contributed by atoms with Crippen molar-refractivity contribution < 1.29 is 4.74 Å². The molecule has 1 aliphatic rings. The van der Waals surface area contributed by atoms with Crippen molar-refractivity contribution in [1.82, 2.24) is 10.2 Å². The molecule has 0 aromatic carbocycles. The first-order valence-electron chi connectivity index (χ1n) is 7.69. The molecule has 0 saturated carbocycles. The van der Waals surface area contributed by atoms with E-state index in [9.17, 15) is 0 Å². The van der Waals surface area contributed by atoms with Crippen molar-refractivity contribution in [3.8, 4) is 0 Å². The van der Waals surface area contributed by atoms with Gasteiger partial charge in [-0.25, -0.2) is 0 Å². The second-order valence-corrected chi connectivity index (χ2v) is 7.12. The van der Waals surface area contributed by atoms with Crippen LogP contribution in [0.15, 0.2) is 16.8 Å². The van der Waals surface area contributed by atoms with E-state index in [-0.39, 0.29) is 0 Å². The van der Waals surface area contributed by atoms with Gasteiger partial charge in [-0.05, 0) is 54.7 Å². The normalized spacial score (nSPS) is 23.1. The zero-order valence-electron chi connectivity index (χ0n) is 13.0. The number of hydrogen-bond acceptors (Lipinski definition) is 4. The Kier molecular flexibility index (Phi) is 6.49. The zero-order chi connectivity index (χ0) is 14.4. The summed E-state index contributed by atoms with van der Waals surface area (Å²) in [5.74, 6) is 0.712. The van der Waals surface area contributed by atoms with Gasteiger partial charge in [0.2, 0.25) is 0 Å². The maximum absolute atomic E-state index is 6.13. The minimum Gasteiger partial charge on any atom is -0.372 e. The molecule has 20 heavy (non-hydrogen) atoms. The molecule has 4 heteroatoms. The van der Waals surface area contributed by atoms with Crippen LogP contribution in [0.2, 0.25) is 0 Å². The van der Waals surface area contributed by atoms with E-state index in [2.05, 4.69) is 47.9 Å². The van der Waals surface area contributed by atoms with Crippen molar-refractivity contribution in [1.29, 1.82) is 0 Å². The third-order valence-electron chi connectivity index (χ3n) is 3.67. The van der Waals surface area contributed by atoms with Gasteiger partial charge in [0.25, 0.3) is 0 Å². The highest BCUT2D eigenvalue weighted by Crippen LogP contribution is 2.20. The van der Waals surface area contributed by atoms with Crippen LogP contribution in [-0.4, -0.2) is 43.8 Å². The first kappa shape index (κ1) is 16.0. The van der Waals surface area contributed by atoms with Gasteiger partial charge in [0.15, 0.2) is 0 Å². The molecule has 1 fully saturated rings. The Balaban J connectivity index is 1.62. The van der Waals surface area contributed by atoms with Crippen molar-refractivity contribution >= 4 is 11.3 Å². The van der Waals surface area contributed by atoms with Gasteiger partial charge in [0, 0.05) is 19.6 Å². The molecule has 0 aliphatic carbocycles. The highest BCUT2D eigenvalue weighted by molar-refractivity contribution is 7.07. The summed E-state index contributed by atoms with van der Waals surface area (Å²) in [6.07, 6.45) is 3.21. The van der Waals surface area contributed by atoms with Gasteiger partial charge in [-0.15, -0.1) is 0 Å². The van der Waals surface area contributed by atoms with Gasteiger partial charge in [0.1, 0.15) is 0 Å². The summed E-state index contributed by atoms with van der Waals surface area (Å²) in [5, 5.41) is 7.87. The molecule has 1 aromatic rings. The van der Waals surface area contributed by atoms with Crippen LogP contribution < -0.4 is 5.32 Å². The third kappa shape index (κ3) is 5.52. The minimum atomic E-state index is 0.407. The first-order valence-corrected chi connectivity index (χ1v) is 8.63. The fraction of sp³-hybridized carbons (Fsp3) is 0.750.